The fourth-order valence-corrected chi connectivity index (χ4v) is 8.55. The molecule has 3 aromatic carbocycles. The van der Waals surface area contributed by atoms with Gasteiger partial charge in [0.05, 0.1) is 28.5 Å². The molecule has 1 spiro atoms. The highest BCUT2D eigenvalue weighted by atomic mass is 35.5. The fourth-order valence-electron chi connectivity index (χ4n) is 8.19. The molecular formula is C36H37Cl2FN4O6. The second-order valence-corrected chi connectivity index (χ2v) is 14.2. The third-order valence-corrected chi connectivity index (χ3v) is 10.9. The summed E-state index contributed by atoms with van der Waals surface area (Å²) in [7, 11) is 1.20. The molecule has 0 bridgehead atoms. The van der Waals surface area contributed by atoms with E-state index in [-0.39, 0.29) is 41.7 Å². The summed E-state index contributed by atoms with van der Waals surface area (Å²) in [6.07, 6.45) is 2.28. The Morgan fingerprint density at radius 2 is 1.88 bits per heavy atom. The Hall–Kier alpha value is -4.06. The molecule has 3 heterocycles. The number of hydrogen-bond acceptors (Lipinski definition) is 7. The molecule has 1 saturated carbocycles. The summed E-state index contributed by atoms with van der Waals surface area (Å²) in [6, 6.07) is 11.8. The first-order valence-electron chi connectivity index (χ1n) is 15.9. The molecule has 3 fully saturated rings. The van der Waals surface area contributed by atoms with Crippen molar-refractivity contribution in [2.75, 3.05) is 30.4 Å². The molecule has 7 rings (SSSR count). The number of carbonyl (C=O) groups is 3. The summed E-state index contributed by atoms with van der Waals surface area (Å²) in [5.41, 5.74) is -0.181. The largest absolute Gasteiger partial charge is 0.465 e. The molecule has 4 atom stereocenters. The quantitative estimate of drug-likeness (QED) is 0.152. The van der Waals surface area contributed by atoms with E-state index in [1.54, 1.807) is 30.3 Å². The third kappa shape index (κ3) is 5.28. The zero-order chi connectivity index (χ0) is 34.2. The number of amides is 2. The average Bonchev–Trinajstić information content (AvgIpc) is 3.77. The number of nitro benzene ring substituents is 1. The number of carbonyl (C=O) groups excluding carboxylic acids is 3. The number of hydrogen-bond donors (Lipinski definition) is 1. The molecule has 1 N–H and O–H groups in total. The van der Waals surface area contributed by atoms with Crippen molar-refractivity contribution in [2.45, 2.75) is 64.0 Å². The van der Waals surface area contributed by atoms with Crippen LogP contribution in [0.15, 0.2) is 48.5 Å². The Morgan fingerprint density at radius 1 is 1.14 bits per heavy atom. The van der Waals surface area contributed by atoms with Crippen LogP contribution in [0.25, 0.3) is 0 Å². The second kappa shape index (κ2) is 12.7. The highest BCUT2D eigenvalue weighted by Gasteiger charge is 2.70. The van der Waals surface area contributed by atoms with Crippen LogP contribution in [0.5, 0.6) is 0 Å². The molecule has 0 radical (unpaired) electrons. The van der Waals surface area contributed by atoms with Gasteiger partial charge in [0, 0.05) is 47.4 Å². The number of benzene rings is 3. The van der Waals surface area contributed by atoms with Gasteiger partial charge in [-0.2, -0.15) is 0 Å². The van der Waals surface area contributed by atoms with Crippen LogP contribution in [-0.2, 0) is 19.9 Å². The van der Waals surface area contributed by atoms with Crippen molar-refractivity contribution in [2.24, 2.45) is 11.8 Å². The van der Waals surface area contributed by atoms with E-state index in [1.807, 2.05) is 13.8 Å². The molecule has 13 heteroatoms. The van der Waals surface area contributed by atoms with Gasteiger partial charge in [-0.25, -0.2) is 9.18 Å². The smallest absolute Gasteiger partial charge is 0.338 e. The standard InChI is InChI=1S/C35H33Cl2FN4O6.CH4/c1-17(2)21-14-27(28(42(46)47)15-22(21)33(44)48-3)40-12-11-26-29(32(40)43)30(20-5-4-6-24(37)31(20)38)35(41(26)16-18-7-8-18)23-10-9-19(36)13-25(23)39-34(35)45;/h4-6,9-10,13-15,17-18,26,29-30H,7-8,11-12,16H2,1-3H3,(H,39,45);1H4/t26-,29+,30-,35+;/m0./s1. The van der Waals surface area contributed by atoms with Gasteiger partial charge in [0.15, 0.2) is 0 Å². The molecule has 258 valence electrons. The average molecular weight is 712 g/mol. The summed E-state index contributed by atoms with van der Waals surface area (Å²) < 4.78 is 21.2. The van der Waals surface area contributed by atoms with Crippen LogP contribution in [0, 0.1) is 27.8 Å². The molecular weight excluding hydrogens is 674 g/mol. The van der Waals surface area contributed by atoms with Gasteiger partial charge < -0.3 is 15.0 Å². The monoisotopic (exact) mass is 710 g/mol. The van der Waals surface area contributed by atoms with E-state index in [2.05, 4.69) is 10.2 Å². The first-order valence-corrected chi connectivity index (χ1v) is 16.7. The molecule has 0 aromatic heterocycles. The summed E-state index contributed by atoms with van der Waals surface area (Å²) in [5.74, 6) is -4.31. The number of anilines is 2. The van der Waals surface area contributed by atoms with Crippen LogP contribution in [-0.4, -0.2) is 53.8 Å². The predicted octanol–water partition coefficient (Wildman–Crippen LogP) is 7.67. The number of likely N-dealkylation sites (tertiary alicyclic amines) is 1. The van der Waals surface area contributed by atoms with E-state index in [0.29, 0.717) is 40.7 Å². The van der Waals surface area contributed by atoms with E-state index >= 15 is 9.18 Å². The molecule has 3 aliphatic heterocycles. The Bertz CT molecular complexity index is 1900. The Kier molecular flexibility index (Phi) is 9.00. The lowest BCUT2D eigenvalue weighted by Gasteiger charge is -2.40. The normalized spacial score (nSPS) is 24.5. The van der Waals surface area contributed by atoms with Gasteiger partial charge in [0.1, 0.15) is 17.0 Å². The molecule has 10 nitrogen and oxygen atoms in total. The molecule has 2 saturated heterocycles. The maximum atomic E-state index is 16.3. The third-order valence-electron chi connectivity index (χ3n) is 10.4. The predicted molar refractivity (Wildman–Crippen MR) is 185 cm³/mol. The first-order chi connectivity index (χ1) is 22.9. The van der Waals surface area contributed by atoms with Crippen molar-refractivity contribution >= 4 is 58.0 Å². The van der Waals surface area contributed by atoms with Crippen molar-refractivity contribution in [3.05, 3.63) is 96.8 Å². The van der Waals surface area contributed by atoms with Crippen molar-refractivity contribution in [1.29, 1.82) is 0 Å². The zero-order valence-electron chi connectivity index (χ0n) is 26.5. The Morgan fingerprint density at radius 3 is 2.53 bits per heavy atom. The minimum absolute atomic E-state index is 0. The lowest BCUT2D eigenvalue weighted by atomic mass is 9.70. The summed E-state index contributed by atoms with van der Waals surface area (Å²) in [4.78, 5) is 57.6. The van der Waals surface area contributed by atoms with E-state index in [9.17, 15) is 19.7 Å². The first kappa shape index (κ1) is 34.8. The Balaban J connectivity index is 0.00000417. The Labute approximate surface area is 293 Å². The van der Waals surface area contributed by atoms with Crippen molar-refractivity contribution in [3.63, 3.8) is 0 Å². The van der Waals surface area contributed by atoms with E-state index in [0.717, 1.165) is 18.9 Å². The number of ether oxygens (including phenoxy) is 1. The van der Waals surface area contributed by atoms with Gasteiger partial charge in [-0.05, 0) is 66.5 Å². The van der Waals surface area contributed by atoms with Gasteiger partial charge in [-0.3, -0.25) is 24.6 Å². The number of esters is 1. The summed E-state index contributed by atoms with van der Waals surface area (Å²) in [5, 5.41) is 15.7. The minimum atomic E-state index is -1.49. The van der Waals surface area contributed by atoms with Crippen LogP contribution < -0.4 is 10.2 Å². The number of methoxy groups -OCH3 is 1. The molecule has 49 heavy (non-hydrogen) atoms. The topological polar surface area (TPSA) is 122 Å². The number of nitrogens with one attached hydrogen (secondary N) is 1. The number of fused-ring (bicyclic) bond motifs is 3. The molecule has 0 unspecified atom stereocenters. The van der Waals surface area contributed by atoms with Gasteiger partial charge in [-0.1, -0.05) is 62.7 Å². The van der Waals surface area contributed by atoms with E-state index in [4.69, 9.17) is 27.9 Å². The number of piperidine rings is 1. The maximum absolute atomic E-state index is 16.3. The number of halogens is 3. The van der Waals surface area contributed by atoms with Crippen molar-refractivity contribution < 1.29 is 28.4 Å². The summed E-state index contributed by atoms with van der Waals surface area (Å²) >= 11 is 12.7. The van der Waals surface area contributed by atoms with Crippen LogP contribution in [0.3, 0.4) is 0 Å². The summed E-state index contributed by atoms with van der Waals surface area (Å²) in [6.45, 7) is 4.28. The van der Waals surface area contributed by atoms with Gasteiger partial charge in [0.25, 0.3) is 5.69 Å². The minimum Gasteiger partial charge on any atom is -0.465 e. The van der Waals surface area contributed by atoms with Crippen LogP contribution in [0.1, 0.15) is 79.4 Å². The van der Waals surface area contributed by atoms with E-state index in [1.165, 1.54) is 24.1 Å². The SMILES string of the molecule is C.COC(=O)c1cc([N+](=O)[O-])c(N2CC[C@H]3[C@@H](C2=O)[C@H](c2cccc(Cl)c2F)[C@]2(C(=O)Nc4cc(Cl)ccc42)N3CC2CC2)cc1C(C)C. The highest BCUT2D eigenvalue weighted by molar-refractivity contribution is 6.31. The van der Waals surface area contributed by atoms with Gasteiger partial charge >= 0.3 is 5.97 Å². The molecule has 2 amide bonds. The maximum Gasteiger partial charge on any atom is 0.338 e. The van der Waals surface area contributed by atoms with Crippen LogP contribution in [0.4, 0.5) is 21.5 Å². The zero-order valence-corrected chi connectivity index (χ0v) is 28.0. The number of nitro groups is 1. The lowest BCUT2D eigenvalue weighted by molar-refractivity contribution is -0.384. The van der Waals surface area contributed by atoms with Crippen molar-refractivity contribution in [3.8, 4) is 0 Å². The highest BCUT2D eigenvalue weighted by Crippen LogP contribution is 2.62. The van der Waals surface area contributed by atoms with Gasteiger partial charge in [-0.15, -0.1) is 0 Å². The van der Waals surface area contributed by atoms with Crippen LogP contribution >= 0.6 is 23.2 Å². The van der Waals surface area contributed by atoms with E-state index < -0.39 is 57.6 Å². The molecule has 1 aliphatic carbocycles. The van der Waals surface area contributed by atoms with Crippen LogP contribution in [0.2, 0.25) is 10.0 Å². The number of rotatable bonds is 7. The molecule has 3 aromatic rings. The lowest BCUT2D eigenvalue weighted by Crippen LogP contribution is -2.54. The van der Waals surface area contributed by atoms with Crippen molar-refractivity contribution in [1.82, 2.24) is 4.90 Å². The van der Waals surface area contributed by atoms with Gasteiger partial charge in [0.2, 0.25) is 11.8 Å². The second-order valence-electron chi connectivity index (χ2n) is 13.3. The molecule has 4 aliphatic rings. The number of nitrogens with zero attached hydrogens (tertiary/aromatic N) is 3. The fraction of sp³-hybridized carbons (Fsp3) is 0.417.